The highest BCUT2D eigenvalue weighted by atomic mass is 32.2. The van der Waals surface area contributed by atoms with E-state index in [1.54, 1.807) is 12.1 Å². The molecule has 3 rings (SSSR count). The van der Waals surface area contributed by atoms with Gasteiger partial charge in [0.25, 0.3) is 0 Å². The molecule has 2 aromatic rings. The molecule has 1 aliphatic carbocycles. The van der Waals surface area contributed by atoms with E-state index >= 15 is 0 Å². The van der Waals surface area contributed by atoms with Gasteiger partial charge in [0.1, 0.15) is 11.6 Å². The lowest BCUT2D eigenvalue weighted by Gasteiger charge is -2.23. The number of hydrogen-bond acceptors (Lipinski definition) is 2. The Labute approximate surface area is 147 Å². The van der Waals surface area contributed by atoms with Crippen molar-refractivity contribution < 1.29 is 17.2 Å². The quantitative estimate of drug-likeness (QED) is 0.705. The highest BCUT2D eigenvalue weighted by Gasteiger charge is 2.24. The van der Waals surface area contributed by atoms with Gasteiger partial charge in [-0.15, -0.1) is 0 Å². The van der Waals surface area contributed by atoms with Crippen LogP contribution < -0.4 is 0 Å². The molecule has 25 heavy (non-hydrogen) atoms. The van der Waals surface area contributed by atoms with Gasteiger partial charge in [0.15, 0.2) is 9.84 Å². The molecule has 5 heteroatoms. The van der Waals surface area contributed by atoms with Gasteiger partial charge in [0.2, 0.25) is 0 Å². The normalized spacial score (nSPS) is 16.2. The molecule has 0 heterocycles. The van der Waals surface area contributed by atoms with Crippen LogP contribution in [0.2, 0.25) is 0 Å². The van der Waals surface area contributed by atoms with Crippen LogP contribution in [0.15, 0.2) is 59.5 Å². The zero-order valence-corrected chi connectivity index (χ0v) is 14.7. The smallest absolute Gasteiger partial charge is 0.178 e. The first-order chi connectivity index (χ1) is 11.8. The fourth-order valence-electron chi connectivity index (χ4n) is 3.22. The lowest BCUT2D eigenvalue weighted by molar-refractivity contribution is 0.441. The molecule has 0 radical (unpaired) electrons. The second kappa shape index (κ2) is 7.08. The Kier molecular flexibility index (Phi) is 5.04. The number of allylic oxidation sites excluding steroid dienone is 1. The number of sulfone groups is 1. The first-order valence-corrected chi connectivity index (χ1v) is 9.95. The highest BCUT2D eigenvalue weighted by molar-refractivity contribution is 7.91. The number of benzene rings is 2. The second-order valence-corrected chi connectivity index (χ2v) is 8.66. The highest BCUT2D eigenvalue weighted by Crippen LogP contribution is 2.30. The average Bonchev–Trinajstić information content (AvgIpc) is 2.57. The molecule has 0 unspecified atom stereocenters. The fraction of sp³-hybridized carbons (Fsp3) is 0.300. The predicted octanol–water partition coefficient (Wildman–Crippen LogP) is 5.15. The number of rotatable bonds is 4. The lowest BCUT2D eigenvalue weighted by Crippen LogP contribution is -2.19. The Morgan fingerprint density at radius 3 is 2.24 bits per heavy atom. The summed E-state index contributed by atoms with van der Waals surface area (Å²) < 4.78 is 52.0. The third-order valence-electron chi connectivity index (χ3n) is 4.72. The summed E-state index contributed by atoms with van der Waals surface area (Å²) >= 11 is 0. The molecule has 0 spiro atoms. The van der Waals surface area contributed by atoms with Crippen LogP contribution >= 0.6 is 0 Å². The van der Waals surface area contributed by atoms with E-state index in [4.69, 9.17) is 0 Å². The van der Waals surface area contributed by atoms with Gasteiger partial charge in [-0.3, -0.25) is 0 Å². The first-order valence-electron chi connectivity index (χ1n) is 8.30. The molecule has 1 aliphatic rings. The van der Waals surface area contributed by atoms with Gasteiger partial charge in [0, 0.05) is 11.6 Å². The second-order valence-electron chi connectivity index (χ2n) is 6.62. The topological polar surface area (TPSA) is 34.1 Å². The third-order valence-corrected chi connectivity index (χ3v) is 6.62. The van der Waals surface area contributed by atoms with Crippen LogP contribution in [0.4, 0.5) is 8.78 Å². The van der Waals surface area contributed by atoms with Gasteiger partial charge in [-0.1, -0.05) is 24.3 Å². The van der Waals surface area contributed by atoms with Gasteiger partial charge in [-0.05, 0) is 61.4 Å². The Balaban J connectivity index is 1.78. The van der Waals surface area contributed by atoms with Crippen molar-refractivity contribution in [1.29, 1.82) is 0 Å². The molecule has 1 fully saturated rings. The van der Waals surface area contributed by atoms with Gasteiger partial charge >= 0.3 is 0 Å². The van der Waals surface area contributed by atoms with Gasteiger partial charge in [-0.2, -0.15) is 0 Å². The summed E-state index contributed by atoms with van der Waals surface area (Å²) in [5.41, 5.74) is 1.96. The molecule has 2 nitrogen and oxygen atoms in total. The molecule has 0 saturated heterocycles. The van der Waals surface area contributed by atoms with Crippen molar-refractivity contribution in [1.82, 2.24) is 0 Å². The monoisotopic (exact) mass is 362 g/mol. The molecule has 0 aromatic heterocycles. The van der Waals surface area contributed by atoms with Crippen LogP contribution in [0.5, 0.6) is 0 Å². The summed E-state index contributed by atoms with van der Waals surface area (Å²) in [4.78, 5) is 0.239. The summed E-state index contributed by atoms with van der Waals surface area (Å²) in [7, 11) is -3.38. The minimum absolute atomic E-state index is 0.130. The van der Waals surface area contributed by atoms with Crippen molar-refractivity contribution in [3.63, 3.8) is 0 Å². The molecule has 0 amide bonds. The molecular weight excluding hydrogens is 342 g/mol. The Hall–Kier alpha value is -2.01. The minimum Gasteiger partial charge on any atom is -0.224 e. The van der Waals surface area contributed by atoms with Crippen molar-refractivity contribution in [2.24, 2.45) is 5.92 Å². The van der Waals surface area contributed by atoms with Crippen LogP contribution in [0.25, 0.3) is 11.1 Å². The van der Waals surface area contributed by atoms with E-state index in [1.807, 2.05) is 0 Å². The zero-order valence-electron chi connectivity index (χ0n) is 13.8. The van der Waals surface area contributed by atoms with Crippen molar-refractivity contribution >= 4 is 9.84 Å². The number of hydrogen-bond donors (Lipinski definition) is 0. The van der Waals surface area contributed by atoms with Gasteiger partial charge in [-0.25, -0.2) is 17.2 Å². The van der Waals surface area contributed by atoms with Crippen LogP contribution in [-0.4, -0.2) is 14.2 Å². The van der Waals surface area contributed by atoms with E-state index in [2.05, 4.69) is 6.58 Å². The minimum atomic E-state index is -3.38. The molecular formula is C20H20F2O2S. The van der Waals surface area contributed by atoms with Gasteiger partial charge in [0.05, 0.1) is 10.6 Å². The predicted molar refractivity (Wildman–Crippen MR) is 94.9 cm³/mol. The number of halogens is 2. The summed E-state index contributed by atoms with van der Waals surface area (Å²) in [6.07, 6.45) is 3.50. The summed E-state index contributed by atoms with van der Waals surface area (Å²) in [6.45, 7) is 3.95. The Morgan fingerprint density at radius 1 is 1.00 bits per heavy atom. The maximum atomic E-state index is 13.8. The third kappa shape index (κ3) is 4.15. The van der Waals surface area contributed by atoms with E-state index in [0.717, 1.165) is 31.7 Å². The Morgan fingerprint density at radius 2 is 1.64 bits per heavy atom. The molecule has 0 bridgehead atoms. The molecule has 1 saturated carbocycles. The van der Waals surface area contributed by atoms with E-state index in [9.17, 15) is 17.2 Å². The lowest BCUT2D eigenvalue weighted by atomic mass is 9.88. The van der Waals surface area contributed by atoms with Gasteiger partial charge < -0.3 is 0 Å². The van der Waals surface area contributed by atoms with E-state index in [-0.39, 0.29) is 22.1 Å². The summed E-state index contributed by atoms with van der Waals surface area (Å²) in [5, 5.41) is 0. The van der Waals surface area contributed by atoms with E-state index in [1.165, 1.54) is 29.8 Å². The van der Waals surface area contributed by atoms with Crippen molar-refractivity contribution in [2.45, 2.75) is 30.6 Å². The van der Waals surface area contributed by atoms with Crippen LogP contribution in [0, 0.1) is 17.6 Å². The van der Waals surface area contributed by atoms with Crippen LogP contribution in [0.3, 0.4) is 0 Å². The first kappa shape index (κ1) is 17.8. The van der Waals surface area contributed by atoms with Crippen molar-refractivity contribution in [2.75, 3.05) is 5.75 Å². The van der Waals surface area contributed by atoms with E-state index < -0.39 is 21.5 Å². The maximum absolute atomic E-state index is 13.8. The molecule has 2 aromatic carbocycles. The molecule has 0 N–H and O–H groups in total. The standard InChI is InChI=1S/C20H20F2O2S/c1-14-2-4-15(5-3-14)13-25(23,24)18-9-6-16(7-10-18)19-11-8-17(21)12-20(19)22/h6-12,15H,1-5,13H2. The Bertz CT molecular complexity index is 876. The zero-order chi connectivity index (χ0) is 18.0. The van der Waals surface area contributed by atoms with Crippen LogP contribution in [-0.2, 0) is 9.84 Å². The average molecular weight is 362 g/mol. The van der Waals surface area contributed by atoms with E-state index in [0.29, 0.717) is 5.56 Å². The fourth-order valence-corrected chi connectivity index (χ4v) is 4.92. The molecule has 0 atom stereocenters. The largest absolute Gasteiger partial charge is 0.224 e. The van der Waals surface area contributed by atoms with Crippen molar-refractivity contribution in [3.05, 3.63) is 66.3 Å². The SMILES string of the molecule is C=C1CCC(CS(=O)(=O)c2ccc(-c3ccc(F)cc3F)cc2)CC1. The molecule has 0 aliphatic heterocycles. The van der Waals surface area contributed by atoms with Crippen LogP contribution in [0.1, 0.15) is 25.7 Å². The summed E-state index contributed by atoms with van der Waals surface area (Å²) in [5.74, 6) is -1.02. The molecule has 132 valence electrons. The summed E-state index contributed by atoms with van der Waals surface area (Å²) in [6, 6.07) is 9.46. The van der Waals surface area contributed by atoms with Crippen molar-refractivity contribution in [3.8, 4) is 11.1 Å². The maximum Gasteiger partial charge on any atom is 0.178 e.